The molecule has 27 heavy (non-hydrogen) atoms. The summed E-state index contributed by atoms with van der Waals surface area (Å²) >= 11 is 1.69. The van der Waals surface area contributed by atoms with Crippen molar-refractivity contribution in [1.82, 2.24) is 10.2 Å². The van der Waals surface area contributed by atoms with Crippen LogP contribution in [0.1, 0.15) is 18.0 Å². The summed E-state index contributed by atoms with van der Waals surface area (Å²) < 4.78 is 27.6. The van der Waals surface area contributed by atoms with Crippen LogP contribution in [0.4, 0.5) is 19.3 Å². The summed E-state index contributed by atoms with van der Waals surface area (Å²) in [7, 11) is 0. The number of piperazine rings is 1. The first kappa shape index (κ1) is 18.1. The van der Waals surface area contributed by atoms with Gasteiger partial charge in [-0.3, -0.25) is 0 Å². The van der Waals surface area contributed by atoms with Gasteiger partial charge in [0, 0.05) is 36.8 Å². The van der Waals surface area contributed by atoms with Crippen molar-refractivity contribution in [2.75, 3.05) is 36.8 Å². The third-order valence-corrected chi connectivity index (χ3v) is 6.19. The molecule has 2 aromatic rings. The topological polar surface area (TPSA) is 35.6 Å². The first-order valence-electron chi connectivity index (χ1n) is 9.09. The molecule has 142 valence electrons. The lowest BCUT2D eigenvalue weighted by atomic mass is 10.0. The Morgan fingerprint density at radius 3 is 2.63 bits per heavy atom. The van der Waals surface area contributed by atoms with E-state index in [2.05, 4.69) is 5.32 Å². The quantitative estimate of drug-likeness (QED) is 0.842. The van der Waals surface area contributed by atoms with Gasteiger partial charge < -0.3 is 15.1 Å². The molecule has 1 atom stereocenters. The number of nitrogens with zero attached hydrogens (tertiary/aromatic N) is 2. The van der Waals surface area contributed by atoms with E-state index in [0.29, 0.717) is 31.9 Å². The summed E-state index contributed by atoms with van der Waals surface area (Å²) in [4.78, 5) is 17.4. The van der Waals surface area contributed by atoms with Crippen LogP contribution in [-0.2, 0) is 0 Å². The van der Waals surface area contributed by atoms with E-state index in [-0.39, 0.29) is 23.7 Å². The number of hydrogen-bond donors (Lipinski definition) is 1. The zero-order chi connectivity index (χ0) is 18.8. The zero-order valence-corrected chi connectivity index (χ0v) is 15.6. The molecule has 1 saturated heterocycles. The van der Waals surface area contributed by atoms with Gasteiger partial charge in [0.15, 0.2) is 0 Å². The lowest BCUT2D eigenvalue weighted by Gasteiger charge is -2.37. The number of carbonyl (C=O) groups is 1. The number of urea groups is 1. The molecule has 0 aliphatic carbocycles. The van der Waals surface area contributed by atoms with Gasteiger partial charge in [-0.25, -0.2) is 13.6 Å². The van der Waals surface area contributed by atoms with E-state index in [1.165, 1.54) is 18.2 Å². The van der Waals surface area contributed by atoms with E-state index in [1.807, 2.05) is 11.0 Å². The van der Waals surface area contributed by atoms with Crippen LogP contribution in [0.25, 0.3) is 0 Å². The Balaban J connectivity index is 1.38. The Morgan fingerprint density at radius 1 is 1.07 bits per heavy atom. The van der Waals surface area contributed by atoms with Crippen molar-refractivity contribution in [3.8, 4) is 0 Å². The van der Waals surface area contributed by atoms with Crippen molar-refractivity contribution in [2.24, 2.45) is 0 Å². The molecule has 0 saturated carbocycles. The van der Waals surface area contributed by atoms with E-state index >= 15 is 0 Å². The standard InChI is InChI=1S/C20H21F2N3OS/c21-14-5-6-19-15(13-14)17(7-12-27-19)23-20(26)25-10-8-24(9-11-25)18-4-2-1-3-16(18)22/h1-6,13,17H,7-12H2,(H,23,26). The summed E-state index contributed by atoms with van der Waals surface area (Å²) in [6.07, 6.45) is 0.780. The molecule has 2 amide bonds. The van der Waals surface area contributed by atoms with E-state index in [9.17, 15) is 13.6 Å². The number of halogens is 2. The predicted octanol–water partition coefficient (Wildman–Crippen LogP) is 4.03. The van der Waals surface area contributed by atoms with Crippen molar-refractivity contribution in [1.29, 1.82) is 0 Å². The number of hydrogen-bond acceptors (Lipinski definition) is 3. The summed E-state index contributed by atoms with van der Waals surface area (Å²) in [5.41, 5.74) is 1.43. The molecule has 1 N–H and O–H groups in total. The Morgan fingerprint density at radius 2 is 1.85 bits per heavy atom. The minimum Gasteiger partial charge on any atom is -0.366 e. The van der Waals surface area contributed by atoms with Gasteiger partial charge in [0.25, 0.3) is 0 Å². The fourth-order valence-electron chi connectivity index (χ4n) is 3.61. The van der Waals surface area contributed by atoms with Crippen molar-refractivity contribution < 1.29 is 13.6 Å². The van der Waals surface area contributed by atoms with Crippen molar-refractivity contribution in [3.63, 3.8) is 0 Å². The second-order valence-electron chi connectivity index (χ2n) is 6.75. The molecule has 4 nitrogen and oxygen atoms in total. The van der Waals surface area contributed by atoms with Gasteiger partial charge in [0.05, 0.1) is 11.7 Å². The van der Waals surface area contributed by atoms with E-state index < -0.39 is 0 Å². The highest BCUT2D eigenvalue weighted by molar-refractivity contribution is 7.99. The molecule has 0 spiro atoms. The number of amides is 2. The van der Waals surface area contributed by atoms with Crippen LogP contribution in [0.15, 0.2) is 47.4 Å². The number of nitrogens with one attached hydrogen (secondary N) is 1. The van der Waals surface area contributed by atoms with Crippen molar-refractivity contribution >= 4 is 23.5 Å². The second-order valence-corrected chi connectivity index (χ2v) is 7.88. The lowest BCUT2D eigenvalue weighted by Crippen LogP contribution is -2.52. The van der Waals surface area contributed by atoms with Gasteiger partial charge in [-0.1, -0.05) is 12.1 Å². The number of thioether (sulfide) groups is 1. The lowest BCUT2D eigenvalue weighted by molar-refractivity contribution is 0.189. The van der Waals surface area contributed by atoms with Crippen LogP contribution in [0.2, 0.25) is 0 Å². The predicted molar refractivity (Wildman–Crippen MR) is 103 cm³/mol. The Bertz CT molecular complexity index is 840. The molecule has 2 aliphatic heterocycles. The summed E-state index contributed by atoms with van der Waals surface area (Å²) in [5.74, 6) is 0.368. The maximum atomic E-state index is 13.9. The molecular weight excluding hydrogens is 368 g/mol. The normalized spacial score (nSPS) is 19.6. The number of rotatable bonds is 2. The van der Waals surface area contributed by atoms with Crippen LogP contribution >= 0.6 is 11.8 Å². The average molecular weight is 389 g/mol. The molecule has 4 rings (SSSR count). The molecule has 2 aliphatic rings. The molecule has 0 aromatic heterocycles. The monoisotopic (exact) mass is 389 g/mol. The molecule has 2 heterocycles. The van der Waals surface area contributed by atoms with Crippen LogP contribution in [0.3, 0.4) is 0 Å². The summed E-state index contributed by atoms with van der Waals surface area (Å²) in [6, 6.07) is 11.1. The maximum absolute atomic E-state index is 13.9. The first-order chi connectivity index (χ1) is 13.1. The van der Waals surface area contributed by atoms with Gasteiger partial charge in [0.2, 0.25) is 0 Å². The van der Waals surface area contributed by atoms with Gasteiger partial charge in [-0.05, 0) is 42.3 Å². The van der Waals surface area contributed by atoms with Crippen LogP contribution < -0.4 is 10.2 Å². The Kier molecular flexibility index (Phi) is 5.20. The fraction of sp³-hybridized carbons (Fsp3) is 0.350. The molecule has 1 fully saturated rings. The average Bonchev–Trinajstić information content (AvgIpc) is 2.69. The summed E-state index contributed by atoms with van der Waals surface area (Å²) in [5, 5.41) is 3.05. The highest BCUT2D eigenvalue weighted by Crippen LogP contribution is 2.36. The number of para-hydroxylation sites is 1. The Hall–Kier alpha value is -2.28. The van der Waals surface area contributed by atoms with Gasteiger partial charge in [0.1, 0.15) is 11.6 Å². The third-order valence-electron chi connectivity index (χ3n) is 5.07. The zero-order valence-electron chi connectivity index (χ0n) is 14.8. The van der Waals surface area contributed by atoms with E-state index in [1.54, 1.807) is 34.9 Å². The SMILES string of the molecule is O=C(NC1CCSc2ccc(F)cc21)N1CCN(c2ccccc2F)CC1. The largest absolute Gasteiger partial charge is 0.366 e. The van der Waals surface area contributed by atoms with E-state index in [4.69, 9.17) is 0 Å². The van der Waals surface area contributed by atoms with Crippen molar-refractivity contribution in [3.05, 3.63) is 59.7 Å². The van der Waals surface area contributed by atoms with Crippen LogP contribution in [0, 0.1) is 11.6 Å². The molecule has 7 heteroatoms. The molecule has 0 bridgehead atoms. The van der Waals surface area contributed by atoms with Gasteiger partial charge in [-0.2, -0.15) is 0 Å². The first-order valence-corrected chi connectivity index (χ1v) is 10.1. The molecule has 1 unspecified atom stereocenters. The number of fused-ring (bicyclic) bond motifs is 1. The van der Waals surface area contributed by atoms with Gasteiger partial charge in [-0.15, -0.1) is 11.8 Å². The molecular formula is C20H21F2N3OS. The second kappa shape index (κ2) is 7.76. The Labute approximate surface area is 161 Å². The highest BCUT2D eigenvalue weighted by atomic mass is 32.2. The van der Waals surface area contributed by atoms with Crippen LogP contribution in [-0.4, -0.2) is 42.9 Å². The third kappa shape index (κ3) is 3.88. The smallest absolute Gasteiger partial charge is 0.318 e. The maximum Gasteiger partial charge on any atom is 0.318 e. The minimum absolute atomic E-state index is 0.143. The molecule has 2 aromatic carbocycles. The van der Waals surface area contributed by atoms with Crippen molar-refractivity contribution in [2.45, 2.75) is 17.4 Å². The van der Waals surface area contributed by atoms with Gasteiger partial charge >= 0.3 is 6.03 Å². The number of carbonyl (C=O) groups excluding carboxylic acids is 1. The fourth-order valence-corrected chi connectivity index (χ4v) is 4.72. The number of anilines is 1. The molecule has 0 radical (unpaired) electrons. The van der Waals surface area contributed by atoms with Crippen LogP contribution in [0.5, 0.6) is 0 Å². The highest BCUT2D eigenvalue weighted by Gasteiger charge is 2.27. The van der Waals surface area contributed by atoms with E-state index in [0.717, 1.165) is 22.6 Å². The minimum atomic E-state index is -0.283. The summed E-state index contributed by atoms with van der Waals surface area (Å²) in [6.45, 7) is 2.22. The number of benzene rings is 2.